The lowest BCUT2D eigenvalue weighted by Gasteiger charge is -2.36. The molecule has 1 fully saturated rings. The van der Waals surface area contributed by atoms with E-state index in [-0.39, 0.29) is 5.54 Å². The Hall–Kier alpha value is -1.87. The van der Waals surface area contributed by atoms with Gasteiger partial charge in [0.25, 0.3) is 0 Å². The molecule has 0 spiro atoms. The highest BCUT2D eigenvalue weighted by molar-refractivity contribution is 7.80. The minimum atomic E-state index is -0.251. The van der Waals surface area contributed by atoms with E-state index in [0.717, 1.165) is 24.6 Å². The predicted molar refractivity (Wildman–Crippen MR) is 107 cm³/mol. The highest BCUT2D eigenvalue weighted by atomic mass is 32.1. The Bertz CT molecular complexity index is 728. The Labute approximate surface area is 150 Å². The van der Waals surface area contributed by atoms with Crippen molar-refractivity contribution in [3.8, 4) is 0 Å². The molecule has 3 rings (SSSR count). The Kier molecular flexibility index (Phi) is 5.20. The van der Waals surface area contributed by atoms with Gasteiger partial charge in [0, 0.05) is 13.1 Å². The third kappa shape index (κ3) is 3.78. The van der Waals surface area contributed by atoms with Crippen LogP contribution < -0.4 is 5.32 Å². The molecule has 1 aliphatic heterocycles. The first-order valence-corrected chi connectivity index (χ1v) is 9.19. The lowest BCUT2D eigenvalue weighted by Crippen LogP contribution is -2.52. The summed E-state index contributed by atoms with van der Waals surface area (Å²) in [6.45, 7) is 8.37. The number of nitrogens with one attached hydrogen (secondary N) is 1. The minimum Gasteiger partial charge on any atom is -0.354 e. The first-order valence-electron chi connectivity index (χ1n) is 8.79. The summed E-state index contributed by atoms with van der Waals surface area (Å²) in [7, 11) is 0. The molecule has 1 atom stereocenters. The number of hydrogen-bond donors (Lipinski definition) is 1. The Morgan fingerprint density at radius 2 is 1.88 bits per heavy atom. The third-order valence-electron chi connectivity index (χ3n) is 4.92. The summed E-state index contributed by atoms with van der Waals surface area (Å²) < 4.78 is 0. The molecule has 2 aromatic rings. The number of hydrogen-bond acceptors (Lipinski definition) is 1. The van der Waals surface area contributed by atoms with E-state index < -0.39 is 0 Å². The molecule has 0 saturated carbocycles. The van der Waals surface area contributed by atoms with Gasteiger partial charge in [-0.25, -0.2) is 0 Å². The van der Waals surface area contributed by atoms with Crippen molar-refractivity contribution in [1.29, 1.82) is 0 Å². The van der Waals surface area contributed by atoms with Crippen LogP contribution in [0.1, 0.15) is 31.7 Å². The first kappa shape index (κ1) is 17.0. The van der Waals surface area contributed by atoms with Crippen molar-refractivity contribution < 1.29 is 0 Å². The van der Waals surface area contributed by atoms with Gasteiger partial charge in [0.15, 0.2) is 5.11 Å². The second-order valence-corrected chi connectivity index (χ2v) is 7.30. The van der Waals surface area contributed by atoms with Crippen LogP contribution in [0.3, 0.4) is 0 Å². The first-order chi connectivity index (χ1) is 11.6. The van der Waals surface area contributed by atoms with E-state index in [1.54, 1.807) is 0 Å². The van der Waals surface area contributed by atoms with Crippen LogP contribution in [-0.2, 0) is 6.42 Å². The lowest BCUT2D eigenvalue weighted by atomic mass is 9.90. The molecule has 126 valence electrons. The van der Waals surface area contributed by atoms with Gasteiger partial charge in [0.2, 0.25) is 0 Å². The van der Waals surface area contributed by atoms with E-state index in [9.17, 15) is 0 Å². The molecule has 0 radical (unpaired) electrons. The zero-order valence-corrected chi connectivity index (χ0v) is 15.2. The van der Waals surface area contributed by atoms with Crippen LogP contribution in [-0.4, -0.2) is 28.6 Å². The molecule has 1 heterocycles. The van der Waals surface area contributed by atoms with Crippen LogP contribution in [0.5, 0.6) is 0 Å². The number of thiocarbonyl (C=S) groups is 1. The summed E-state index contributed by atoms with van der Waals surface area (Å²) in [4.78, 5) is 2.30. The van der Waals surface area contributed by atoms with Gasteiger partial charge in [-0.3, -0.25) is 0 Å². The predicted octanol–water partition coefficient (Wildman–Crippen LogP) is 4.69. The molecule has 24 heavy (non-hydrogen) atoms. The van der Waals surface area contributed by atoms with E-state index >= 15 is 0 Å². The molecule has 2 aromatic carbocycles. The van der Waals surface area contributed by atoms with Crippen molar-refractivity contribution in [3.63, 3.8) is 0 Å². The molecule has 1 N–H and O–H groups in total. The fraction of sp³-hybridized carbons (Fsp3) is 0.381. The number of rotatable bonds is 4. The molecular weight excluding hydrogens is 312 g/mol. The maximum atomic E-state index is 5.67. The second kappa shape index (κ2) is 7.35. The van der Waals surface area contributed by atoms with Crippen LogP contribution in [0, 0.1) is 0 Å². The standard InChI is InChI=1S/C21H26N2S/c1-3-21(2,22-20(24)23-14-7-4-8-15-23)16-18-12-9-11-17-10-5-6-13-19(17)18/h3,5-6,9-13H,1,4,7-8,14-16H2,2H3,(H,22,24)/t21-/m0/s1. The molecule has 3 heteroatoms. The van der Waals surface area contributed by atoms with Gasteiger partial charge in [-0.2, -0.15) is 0 Å². The third-order valence-corrected chi connectivity index (χ3v) is 5.28. The van der Waals surface area contributed by atoms with Crippen LogP contribution in [0.4, 0.5) is 0 Å². The van der Waals surface area contributed by atoms with Crippen LogP contribution in [0.2, 0.25) is 0 Å². The highest BCUT2D eigenvalue weighted by Gasteiger charge is 2.25. The van der Waals surface area contributed by atoms with E-state index in [1.807, 2.05) is 6.08 Å². The van der Waals surface area contributed by atoms with Crippen LogP contribution in [0.15, 0.2) is 55.1 Å². The summed E-state index contributed by atoms with van der Waals surface area (Å²) in [5, 5.41) is 7.01. The molecular formula is C21H26N2S. The average molecular weight is 339 g/mol. The normalized spacial score (nSPS) is 17.3. The summed E-state index contributed by atoms with van der Waals surface area (Å²) in [6, 6.07) is 15.0. The van der Waals surface area contributed by atoms with Gasteiger partial charge in [-0.1, -0.05) is 48.5 Å². The van der Waals surface area contributed by atoms with Crippen molar-refractivity contribution >= 4 is 28.1 Å². The lowest BCUT2D eigenvalue weighted by molar-refractivity contribution is 0.328. The molecule has 0 unspecified atom stereocenters. The summed E-state index contributed by atoms with van der Waals surface area (Å²) in [6.07, 6.45) is 6.64. The maximum Gasteiger partial charge on any atom is 0.169 e. The smallest absolute Gasteiger partial charge is 0.169 e. The maximum absolute atomic E-state index is 5.67. The molecule has 2 nitrogen and oxygen atoms in total. The molecule has 1 aliphatic rings. The summed E-state index contributed by atoms with van der Waals surface area (Å²) >= 11 is 5.67. The summed E-state index contributed by atoms with van der Waals surface area (Å²) in [5.41, 5.74) is 1.07. The number of piperidine rings is 1. The topological polar surface area (TPSA) is 15.3 Å². The highest BCUT2D eigenvalue weighted by Crippen LogP contribution is 2.24. The largest absolute Gasteiger partial charge is 0.354 e. The number of benzene rings is 2. The van der Waals surface area contributed by atoms with Crippen molar-refractivity contribution in [3.05, 3.63) is 60.7 Å². The Balaban J connectivity index is 1.79. The van der Waals surface area contributed by atoms with E-state index in [4.69, 9.17) is 12.2 Å². The average Bonchev–Trinajstić information content (AvgIpc) is 2.63. The van der Waals surface area contributed by atoms with Gasteiger partial charge < -0.3 is 10.2 Å². The Morgan fingerprint density at radius 1 is 1.17 bits per heavy atom. The number of nitrogens with zero attached hydrogens (tertiary/aromatic N) is 1. The quantitative estimate of drug-likeness (QED) is 0.643. The van der Waals surface area contributed by atoms with Gasteiger partial charge in [-0.15, -0.1) is 6.58 Å². The molecule has 1 saturated heterocycles. The monoisotopic (exact) mass is 338 g/mol. The van der Waals surface area contributed by atoms with Crippen LogP contribution >= 0.6 is 12.2 Å². The summed E-state index contributed by atoms with van der Waals surface area (Å²) in [5.74, 6) is 0. The van der Waals surface area contributed by atoms with E-state index in [0.29, 0.717) is 0 Å². The second-order valence-electron chi connectivity index (χ2n) is 6.91. The van der Waals surface area contributed by atoms with Gasteiger partial charge in [0.05, 0.1) is 5.54 Å². The van der Waals surface area contributed by atoms with Crippen molar-refractivity contribution in [2.75, 3.05) is 13.1 Å². The van der Waals surface area contributed by atoms with Crippen molar-refractivity contribution in [2.45, 2.75) is 38.1 Å². The van der Waals surface area contributed by atoms with Crippen molar-refractivity contribution in [1.82, 2.24) is 10.2 Å². The molecule has 0 amide bonds. The Morgan fingerprint density at radius 3 is 2.62 bits per heavy atom. The minimum absolute atomic E-state index is 0.251. The molecule has 0 aromatic heterocycles. The fourth-order valence-corrected chi connectivity index (χ4v) is 3.85. The van der Waals surface area contributed by atoms with E-state index in [2.05, 4.69) is 66.2 Å². The van der Waals surface area contributed by atoms with E-state index in [1.165, 1.54) is 35.6 Å². The number of fused-ring (bicyclic) bond motifs is 1. The molecule has 0 aliphatic carbocycles. The van der Waals surface area contributed by atoms with Crippen molar-refractivity contribution in [2.24, 2.45) is 0 Å². The van der Waals surface area contributed by atoms with Gasteiger partial charge >= 0.3 is 0 Å². The zero-order valence-electron chi connectivity index (χ0n) is 14.4. The van der Waals surface area contributed by atoms with Gasteiger partial charge in [-0.05, 0) is 61.2 Å². The number of likely N-dealkylation sites (tertiary alicyclic amines) is 1. The van der Waals surface area contributed by atoms with Gasteiger partial charge in [0.1, 0.15) is 0 Å². The SMILES string of the molecule is C=C[C@@](C)(Cc1cccc2ccccc12)NC(=S)N1CCCCC1. The zero-order chi connectivity index (χ0) is 17.0. The fourth-order valence-electron chi connectivity index (χ4n) is 3.43. The molecule has 0 bridgehead atoms. The van der Waals surface area contributed by atoms with Crippen LogP contribution in [0.25, 0.3) is 10.8 Å².